The number of aryl methyl sites for hydroxylation is 1. The Labute approximate surface area is 128 Å². The summed E-state index contributed by atoms with van der Waals surface area (Å²) in [4.78, 5) is 2.76. The summed E-state index contributed by atoms with van der Waals surface area (Å²) in [7, 11) is -3.42. The molecule has 21 heavy (non-hydrogen) atoms. The highest BCUT2D eigenvalue weighted by Crippen LogP contribution is 2.18. The first kappa shape index (κ1) is 16.5. The van der Waals surface area contributed by atoms with Gasteiger partial charge in [0, 0.05) is 12.6 Å². The highest BCUT2D eigenvalue weighted by Gasteiger charge is 2.26. The van der Waals surface area contributed by atoms with Crippen LogP contribution in [0.15, 0.2) is 29.2 Å². The Morgan fingerprint density at radius 2 is 1.90 bits per heavy atom. The van der Waals surface area contributed by atoms with Crippen LogP contribution in [0, 0.1) is 12.8 Å². The van der Waals surface area contributed by atoms with E-state index in [4.69, 9.17) is 0 Å². The zero-order chi connectivity index (χ0) is 15.5. The van der Waals surface area contributed by atoms with Crippen LogP contribution in [0.4, 0.5) is 0 Å². The first-order valence-corrected chi connectivity index (χ1v) is 9.19. The third-order valence-corrected chi connectivity index (χ3v) is 5.58. The summed E-state index contributed by atoms with van der Waals surface area (Å²) in [6.07, 6.45) is 2.43. The van der Waals surface area contributed by atoms with Crippen molar-refractivity contribution in [1.29, 1.82) is 0 Å². The van der Waals surface area contributed by atoms with E-state index in [0.29, 0.717) is 17.4 Å². The predicted octanol–water partition coefficient (Wildman–Crippen LogP) is 2.39. The van der Waals surface area contributed by atoms with E-state index in [0.717, 1.165) is 18.7 Å². The first-order valence-electron chi connectivity index (χ1n) is 7.70. The van der Waals surface area contributed by atoms with Gasteiger partial charge in [0.2, 0.25) is 10.0 Å². The van der Waals surface area contributed by atoms with Crippen LogP contribution in [0.1, 0.15) is 32.3 Å². The molecule has 1 atom stereocenters. The van der Waals surface area contributed by atoms with Crippen molar-refractivity contribution in [1.82, 2.24) is 9.62 Å². The number of sulfonamides is 1. The molecule has 2 rings (SSSR count). The lowest BCUT2D eigenvalue weighted by molar-refractivity contribution is 0.193. The number of hydrogen-bond donors (Lipinski definition) is 1. The van der Waals surface area contributed by atoms with Crippen molar-refractivity contribution in [3.63, 3.8) is 0 Å². The van der Waals surface area contributed by atoms with Gasteiger partial charge in [-0.05, 0) is 56.5 Å². The van der Waals surface area contributed by atoms with Gasteiger partial charge in [0.15, 0.2) is 0 Å². The molecular formula is C16H26N2O2S. The van der Waals surface area contributed by atoms with Crippen molar-refractivity contribution in [2.45, 2.75) is 44.6 Å². The number of nitrogens with zero attached hydrogens (tertiary/aromatic N) is 1. The average molecular weight is 310 g/mol. The molecule has 1 aliphatic heterocycles. The second-order valence-electron chi connectivity index (χ2n) is 6.22. The summed E-state index contributed by atoms with van der Waals surface area (Å²) in [5, 5.41) is 0. The van der Waals surface area contributed by atoms with Gasteiger partial charge in [0.25, 0.3) is 0 Å². The Morgan fingerprint density at radius 1 is 1.24 bits per heavy atom. The second kappa shape index (κ2) is 6.90. The lowest BCUT2D eigenvalue weighted by Crippen LogP contribution is -2.45. The second-order valence-corrected chi connectivity index (χ2v) is 7.99. The molecule has 5 heteroatoms. The normalized spacial score (nSPS) is 18.3. The lowest BCUT2D eigenvalue weighted by atomic mass is 10.0. The fraction of sp³-hybridized carbons (Fsp3) is 0.625. The fourth-order valence-electron chi connectivity index (χ4n) is 2.92. The van der Waals surface area contributed by atoms with E-state index in [-0.39, 0.29) is 6.04 Å². The van der Waals surface area contributed by atoms with Gasteiger partial charge in [0.1, 0.15) is 0 Å². The summed E-state index contributed by atoms with van der Waals surface area (Å²) in [6, 6.07) is 7.31. The lowest BCUT2D eigenvalue weighted by Gasteiger charge is -2.30. The molecule has 1 saturated heterocycles. The average Bonchev–Trinajstić information content (AvgIpc) is 2.92. The number of nitrogens with one attached hydrogen (secondary N) is 1. The van der Waals surface area contributed by atoms with Crippen molar-refractivity contribution in [2.24, 2.45) is 5.92 Å². The maximum atomic E-state index is 12.4. The highest BCUT2D eigenvalue weighted by molar-refractivity contribution is 7.89. The molecule has 0 radical (unpaired) electrons. The maximum absolute atomic E-state index is 12.4. The number of likely N-dealkylation sites (tertiary alicyclic amines) is 1. The van der Waals surface area contributed by atoms with Gasteiger partial charge < -0.3 is 0 Å². The Morgan fingerprint density at radius 3 is 2.48 bits per heavy atom. The van der Waals surface area contributed by atoms with Crippen LogP contribution in [-0.4, -0.2) is 39.0 Å². The molecule has 0 aliphatic carbocycles. The fourth-order valence-corrected chi connectivity index (χ4v) is 4.08. The van der Waals surface area contributed by atoms with Crippen LogP contribution >= 0.6 is 0 Å². The SMILES string of the molecule is Cc1cccc(S(=O)(=O)NCC(C(C)C)N2CCCC2)c1. The molecular weight excluding hydrogens is 284 g/mol. The molecule has 1 fully saturated rings. The largest absolute Gasteiger partial charge is 0.299 e. The Bertz CT molecular complexity index is 563. The Balaban J connectivity index is 2.05. The molecule has 0 saturated carbocycles. The quantitative estimate of drug-likeness (QED) is 0.878. The van der Waals surface area contributed by atoms with E-state index in [1.165, 1.54) is 12.8 Å². The van der Waals surface area contributed by atoms with Gasteiger partial charge >= 0.3 is 0 Å². The molecule has 0 bridgehead atoms. The smallest absolute Gasteiger partial charge is 0.240 e. The molecule has 1 aliphatic rings. The van der Waals surface area contributed by atoms with Crippen LogP contribution in [0.5, 0.6) is 0 Å². The molecule has 0 spiro atoms. The van der Waals surface area contributed by atoms with Gasteiger partial charge in [0.05, 0.1) is 4.90 Å². The van der Waals surface area contributed by atoms with E-state index in [9.17, 15) is 8.42 Å². The van der Waals surface area contributed by atoms with E-state index in [1.807, 2.05) is 13.0 Å². The minimum Gasteiger partial charge on any atom is -0.299 e. The van der Waals surface area contributed by atoms with Crippen LogP contribution in [0.3, 0.4) is 0 Å². The minimum atomic E-state index is -3.42. The Kier molecular flexibility index (Phi) is 5.41. The van der Waals surface area contributed by atoms with Crippen LogP contribution in [-0.2, 0) is 10.0 Å². The molecule has 1 aromatic rings. The topological polar surface area (TPSA) is 49.4 Å². The van der Waals surface area contributed by atoms with Crippen molar-refractivity contribution in [3.05, 3.63) is 29.8 Å². The van der Waals surface area contributed by atoms with Crippen molar-refractivity contribution in [2.75, 3.05) is 19.6 Å². The van der Waals surface area contributed by atoms with E-state index >= 15 is 0 Å². The third-order valence-electron chi connectivity index (χ3n) is 4.16. The van der Waals surface area contributed by atoms with Crippen molar-refractivity contribution >= 4 is 10.0 Å². The van der Waals surface area contributed by atoms with Gasteiger partial charge in [-0.15, -0.1) is 0 Å². The van der Waals surface area contributed by atoms with E-state index in [1.54, 1.807) is 18.2 Å². The summed E-state index contributed by atoms with van der Waals surface area (Å²) < 4.78 is 27.6. The molecule has 1 heterocycles. The van der Waals surface area contributed by atoms with Crippen molar-refractivity contribution < 1.29 is 8.42 Å². The molecule has 4 nitrogen and oxygen atoms in total. The zero-order valence-electron chi connectivity index (χ0n) is 13.2. The van der Waals surface area contributed by atoms with Gasteiger partial charge in [-0.2, -0.15) is 0 Å². The molecule has 1 unspecified atom stereocenters. The Hall–Kier alpha value is -0.910. The highest BCUT2D eigenvalue weighted by atomic mass is 32.2. The van der Waals surface area contributed by atoms with Crippen LogP contribution < -0.4 is 4.72 Å². The summed E-state index contributed by atoms with van der Waals surface area (Å²) in [5.41, 5.74) is 0.956. The van der Waals surface area contributed by atoms with Gasteiger partial charge in [-0.25, -0.2) is 13.1 Å². The van der Waals surface area contributed by atoms with Gasteiger partial charge in [-0.1, -0.05) is 26.0 Å². The van der Waals surface area contributed by atoms with E-state index in [2.05, 4.69) is 23.5 Å². The molecule has 1 N–H and O–H groups in total. The zero-order valence-corrected chi connectivity index (χ0v) is 14.0. The molecule has 118 valence electrons. The molecule has 0 aromatic heterocycles. The first-order chi connectivity index (χ1) is 9.90. The number of benzene rings is 1. The predicted molar refractivity (Wildman–Crippen MR) is 85.8 cm³/mol. The van der Waals surface area contributed by atoms with E-state index < -0.39 is 10.0 Å². The third kappa shape index (κ3) is 4.28. The molecule has 1 aromatic carbocycles. The monoisotopic (exact) mass is 310 g/mol. The number of hydrogen-bond acceptors (Lipinski definition) is 3. The van der Waals surface area contributed by atoms with Crippen LogP contribution in [0.25, 0.3) is 0 Å². The summed E-state index contributed by atoms with van der Waals surface area (Å²) in [6.45, 7) is 8.85. The van der Waals surface area contributed by atoms with Gasteiger partial charge in [-0.3, -0.25) is 4.90 Å². The number of rotatable bonds is 6. The van der Waals surface area contributed by atoms with Crippen LogP contribution in [0.2, 0.25) is 0 Å². The maximum Gasteiger partial charge on any atom is 0.240 e. The van der Waals surface area contributed by atoms with Crippen molar-refractivity contribution in [3.8, 4) is 0 Å². The summed E-state index contributed by atoms with van der Waals surface area (Å²) in [5.74, 6) is 0.434. The minimum absolute atomic E-state index is 0.270. The molecule has 0 amide bonds. The standard InChI is InChI=1S/C16H26N2O2S/c1-13(2)16(18-9-4-5-10-18)12-17-21(19,20)15-8-6-7-14(3)11-15/h6-8,11,13,16-17H,4-5,9-10,12H2,1-3H3. The summed E-state index contributed by atoms with van der Waals surface area (Å²) >= 11 is 0.